The number of nitrogen functional groups attached to an aromatic ring is 1. The molecule has 0 aliphatic rings. The Hall–Kier alpha value is -2.56. The third-order valence-corrected chi connectivity index (χ3v) is 6.26. The minimum Gasteiger partial charge on any atom is -0.491 e. The monoisotopic (exact) mass is 517 g/mol. The zero-order valence-electron chi connectivity index (χ0n) is 19.3. The van der Waals surface area contributed by atoms with Crippen molar-refractivity contribution in [2.45, 2.75) is 31.8 Å². The number of aryl methyl sites for hydroxylation is 3. The van der Waals surface area contributed by atoms with Gasteiger partial charge >= 0.3 is 19.2 Å². The summed E-state index contributed by atoms with van der Waals surface area (Å²) in [5.41, 5.74) is 4.95. The Morgan fingerprint density at radius 1 is 0.971 bits per heavy atom. The van der Waals surface area contributed by atoms with Gasteiger partial charge in [0, 0.05) is 12.1 Å². The van der Waals surface area contributed by atoms with E-state index in [0.29, 0.717) is 29.8 Å². The van der Waals surface area contributed by atoms with Crippen LogP contribution >= 0.6 is 7.60 Å². The van der Waals surface area contributed by atoms with Gasteiger partial charge < -0.3 is 34.8 Å². The molecule has 194 valence electrons. The second-order valence-electron chi connectivity index (χ2n) is 7.84. The molecule has 0 saturated carbocycles. The van der Waals surface area contributed by atoms with Crippen LogP contribution in [0, 0.1) is 6.92 Å². The zero-order valence-corrected chi connectivity index (χ0v) is 20.2. The van der Waals surface area contributed by atoms with Gasteiger partial charge in [-0.05, 0) is 60.7 Å². The number of hydrogen-bond acceptors (Lipinski definition) is 6. The number of nitrogens with two attached hydrogens (primary N) is 1. The summed E-state index contributed by atoms with van der Waals surface area (Å²) in [5, 5.41) is 9.37. The molecule has 0 radical (unpaired) electrons. The highest BCUT2D eigenvalue weighted by molar-refractivity contribution is 7.53. The topological polar surface area (TPSA) is 149 Å². The van der Waals surface area contributed by atoms with E-state index in [0.717, 1.165) is 11.1 Å². The molecule has 0 bridgehead atoms. The Balaban J connectivity index is 1.68. The SMILES string of the molecule is Cc1cc(OCCOCCOCCC(F)(F)P(=O)(O)O)ccc1CCc1ccc(N)cc1C(=O)O. The van der Waals surface area contributed by atoms with Crippen LogP contribution in [-0.4, -0.2) is 59.6 Å². The normalized spacial score (nSPS) is 12.0. The van der Waals surface area contributed by atoms with E-state index in [1.54, 1.807) is 12.1 Å². The largest absolute Gasteiger partial charge is 0.491 e. The highest BCUT2D eigenvalue weighted by Gasteiger charge is 2.47. The Labute approximate surface area is 202 Å². The van der Waals surface area contributed by atoms with Crippen molar-refractivity contribution in [3.63, 3.8) is 0 Å². The molecule has 2 rings (SSSR count). The van der Waals surface area contributed by atoms with Crippen LogP contribution in [0.3, 0.4) is 0 Å². The molecule has 35 heavy (non-hydrogen) atoms. The van der Waals surface area contributed by atoms with E-state index < -0.39 is 32.3 Å². The van der Waals surface area contributed by atoms with E-state index in [1.807, 2.05) is 25.1 Å². The number of alkyl halides is 2. The Morgan fingerprint density at radius 3 is 2.20 bits per heavy atom. The van der Waals surface area contributed by atoms with Gasteiger partial charge in [0.2, 0.25) is 0 Å². The molecule has 0 aromatic heterocycles. The number of halogens is 2. The standard InChI is InChI=1S/C23H30F2NO8P/c1-16-14-20(34-13-12-33-11-10-32-9-8-23(24,25)35(29,30)31)7-5-17(16)2-3-18-4-6-19(26)15-21(18)22(27)28/h4-7,14-15H,2-3,8-13,26H2,1H3,(H,27,28)(H2,29,30,31). The number of anilines is 1. The van der Waals surface area contributed by atoms with Crippen molar-refractivity contribution in [2.24, 2.45) is 0 Å². The van der Waals surface area contributed by atoms with Crippen molar-refractivity contribution in [1.82, 2.24) is 0 Å². The second-order valence-corrected chi connectivity index (χ2v) is 9.59. The molecule has 0 spiro atoms. The lowest BCUT2D eigenvalue weighted by Crippen LogP contribution is -2.20. The molecule has 0 fully saturated rings. The number of carbonyl (C=O) groups is 1. The fourth-order valence-corrected chi connectivity index (χ4v) is 3.58. The highest BCUT2D eigenvalue weighted by atomic mass is 31.2. The molecule has 2 aromatic carbocycles. The predicted octanol–water partition coefficient (Wildman–Crippen LogP) is 3.63. The molecule has 12 heteroatoms. The van der Waals surface area contributed by atoms with Gasteiger partial charge in [0.25, 0.3) is 0 Å². The first kappa shape index (κ1) is 28.7. The molecule has 0 aliphatic carbocycles. The summed E-state index contributed by atoms with van der Waals surface area (Å²) in [6.45, 7) is 2.04. The van der Waals surface area contributed by atoms with Crippen LogP contribution in [0.15, 0.2) is 36.4 Å². The Bertz CT molecular complexity index is 1040. The number of carboxylic acid groups (broad SMARTS) is 1. The zero-order chi connectivity index (χ0) is 26.1. The fourth-order valence-electron chi connectivity index (χ4n) is 3.20. The van der Waals surface area contributed by atoms with Crippen molar-refractivity contribution in [3.05, 3.63) is 58.7 Å². The summed E-state index contributed by atoms with van der Waals surface area (Å²) < 4.78 is 52.6. The third kappa shape index (κ3) is 9.19. The first-order valence-corrected chi connectivity index (χ1v) is 12.4. The summed E-state index contributed by atoms with van der Waals surface area (Å²) in [6, 6.07) is 10.5. The molecule has 2 aromatic rings. The molecule has 0 heterocycles. The summed E-state index contributed by atoms with van der Waals surface area (Å²) in [7, 11) is -5.49. The lowest BCUT2D eigenvalue weighted by Gasteiger charge is -2.17. The Kier molecular flexibility index (Phi) is 10.6. The molecule has 0 saturated heterocycles. The smallest absolute Gasteiger partial charge is 0.394 e. The molecule has 5 N–H and O–H groups in total. The number of benzene rings is 2. The molecule has 9 nitrogen and oxygen atoms in total. The number of ether oxygens (including phenoxy) is 3. The van der Waals surface area contributed by atoms with Crippen molar-refractivity contribution >= 4 is 19.3 Å². The molecule has 0 atom stereocenters. The van der Waals surface area contributed by atoms with E-state index in [4.69, 9.17) is 29.7 Å². The average Bonchev–Trinajstić information content (AvgIpc) is 2.77. The molecule has 0 unspecified atom stereocenters. The van der Waals surface area contributed by atoms with Gasteiger partial charge in [-0.2, -0.15) is 8.78 Å². The van der Waals surface area contributed by atoms with Gasteiger partial charge in [-0.1, -0.05) is 12.1 Å². The van der Waals surface area contributed by atoms with Crippen LogP contribution in [0.1, 0.15) is 33.5 Å². The first-order valence-electron chi connectivity index (χ1n) is 10.8. The van der Waals surface area contributed by atoms with Gasteiger partial charge in [0.1, 0.15) is 12.4 Å². The first-order chi connectivity index (χ1) is 16.4. The maximum atomic E-state index is 13.1. The van der Waals surface area contributed by atoms with Crippen LogP contribution in [0.2, 0.25) is 0 Å². The second kappa shape index (κ2) is 12.9. The van der Waals surface area contributed by atoms with Gasteiger partial charge in [0.05, 0.1) is 32.0 Å². The summed E-state index contributed by atoms with van der Waals surface area (Å²) >= 11 is 0. The minimum absolute atomic E-state index is 0.00262. The number of carboxylic acids is 1. The molecule has 0 aliphatic heterocycles. The number of aromatic carboxylic acids is 1. The van der Waals surface area contributed by atoms with E-state index in [9.17, 15) is 23.2 Å². The van der Waals surface area contributed by atoms with E-state index >= 15 is 0 Å². The summed E-state index contributed by atoms with van der Waals surface area (Å²) in [4.78, 5) is 28.5. The van der Waals surface area contributed by atoms with Gasteiger partial charge in [0.15, 0.2) is 0 Å². The van der Waals surface area contributed by atoms with Gasteiger partial charge in [-0.3, -0.25) is 4.57 Å². The van der Waals surface area contributed by atoms with Crippen LogP contribution in [0.5, 0.6) is 5.75 Å². The molecular weight excluding hydrogens is 487 g/mol. The predicted molar refractivity (Wildman–Crippen MR) is 125 cm³/mol. The van der Waals surface area contributed by atoms with Crippen molar-refractivity contribution < 1.29 is 47.2 Å². The maximum Gasteiger partial charge on any atom is 0.394 e. The highest BCUT2D eigenvalue weighted by Crippen LogP contribution is 2.54. The Morgan fingerprint density at radius 2 is 1.57 bits per heavy atom. The van der Waals surface area contributed by atoms with Crippen molar-refractivity contribution in [2.75, 3.05) is 38.8 Å². The van der Waals surface area contributed by atoms with Gasteiger partial charge in [-0.15, -0.1) is 0 Å². The minimum atomic E-state index is -5.49. The van der Waals surface area contributed by atoms with E-state index in [2.05, 4.69) is 0 Å². The van der Waals surface area contributed by atoms with Crippen LogP contribution < -0.4 is 10.5 Å². The van der Waals surface area contributed by atoms with Crippen LogP contribution in [0.25, 0.3) is 0 Å². The third-order valence-electron chi connectivity index (χ3n) is 5.18. The van der Waals surface area contributed by atoms with Crippen LogP contribution in [-0.2, 0) is 26.9 Å². The summed E-state index contributed by atoms with van der Waals surface area (Å²) in [6.07, 6.45) is 0.131. The average molecular weight is 517 g/mol. The fraction of sp³-hybridized carbons (Fsp3) is 0.435. The van der Waals surface area contributed by atoms with Crippen molar-refractivity contribution in [1.29, 1.82) is 0 Å². The van der Waals surface area contributed by atoms with Crippen molar-refractivity contribution in [3.8, 4) is 5.75 Å². The lowest BCUT2D eigenvalue weighted by atomic mass is 9.97. The van der Waals surface area contributed by atoms with E-state index in [-0.39, 0.29) is 32.0 Å². The van der Waals surface area contributed by atoms with Gasteiger partial charge in [-0.25, -0.2) is 4.79 Å². The number of hydrogen-bond donors (Lipinski definition) is 4. The quantitative estimate of drug-likeness (QED) is 0.158. The summed E-state index contributed by atoms with van der Waals surface area (Å²) in [5.74, 6) is -0.368. The van der Waals surface area contributed by atoms with E-state index in [1.165, 1.54) is 6.07 Å². The number of rotatable bonds is 15. The lowest BCUT2D eigenvalue weighted by molar-refractivity contribution is -0.00383. The molecular formula is C23H30F2NO8P. The molecule has 0 amide bonds. The van der Waals surface area contributed by atoms with Crippen LogP contribution in [0.4, 0.5) is 14.5 Å². The maximum absolute atomic E-state index is 13.1.